The van der Waals surface area contributed by atoms with Gasteiger partial charge in [0, 0.05) is 17.9 Å². The van der Waals surface area contributed by atoms with Crippen molar-refractivity contribution in [3.05, 3.63) is 81.0 Å². The molecule has 162 valence electrons. The summed E-state index contributed by atoms with van der Waals surface area (Å²) in [7, 11) is 1.53. The standard InChI is InChI=1S/C23H21BrClFN2O3/c1-14-3-5-16(6-4-14)28-22(29)13-31-23-18(24)9-15(10-21(23)30-2)12-27-17-7-8-20(26)19(25)11-17/h3-11,27H,12-13H2,1-2H3,(H,28,29). The minimum atomic E-state index is -0.468. The van der Waals surface area contributed by atoms with Crippen LogP contribution in [0.5, 0.6) is 11.5 Å². The number of amides is 1. The molecule has 0 saturated heterocycles. The van der Waals surface area contributed by atoms with Crippen LogP contribution in [0, 0.1) is 12.7 Å². The smallest absolute Gasteiger partial charge is 0.262 e. The van der Waals surface area contributed by atoms with E-state index in [2.05, 4.69) is 26.6 Å². The summed E-state index contributed by atoms with van der Waals surface area (Å²) in [6.07, 6.45) is 0. The Morgan fingerprint density at radius 2 is 1.81 bits per heavy atom. The van der Waals surface area contributed by atoms with Crippen LogP contribution in [0.2, 0.25) is 5.02 Å². The van der Waals surface area contributed by atoms with Crippen molar-refractivity contribution in [1.29, 1.82) is 0 Å². The summed E-state index contributed by atoms with van der Waals surface area (Å²) in [6, 6.07) is 15.6. The van der Waals surface area contributed by atoms with Crippen LogP contribution in [0.4, 0.5) is 15.8 Å². The first-order valence-electron chi connectivity index (χ1n) is 9.40. The molecule has 31 heavy (non-hydrogen) atoms. The van der Waals surface area contributed by atoms with E-state index in [9.17, 15) is 9.18 Å². The van der Waals surface area contributed by atoms with Gasteiger partial charge in [-0.15, -0.1) is 0 Å². The molecule has 0 aliphatic carbocycles. The number of hydrogen-bond donors (Lipinski definition) is 2. The Kier molecular flexibility index (Phi) is 7.76. The van der Waals surface area contributed by atoms with Crippen LogP contribution in [-0.2, 0) is 11.3 Å². The third-order valence-electron chi connectivity index (χ3n) is 4.39. The zero-order valence-electron chi connectivity index (χ0n) is 17.0. The summed E-state index contributed by atoms with van der Waals surface area (Å²) < 4.78 is 25.1. The Hall–Kier alpha value is -2.77. The van der Waals surface area contributed by atoms with E-state index in [1.54, 1.807) is 12.1 Å². The van der Waals surface area contributed by atoms with Crippen molar-refractivity contribution in [3.8, 4) is 11.5 Å². The lowest BCUT2D eigenvalue weighted by Gasteiger charge is -2.15. The summed E-state index contributed by atoms with van der Waals surface area (Å²) in [6.45, 7) is 2.26. The number of halogens is 3. The molecule has 8 heteroatoms. The van der Waals surface area contributed by atoms with E-state index < -0.39 is 5.82 Å². The molecular weight excluding hydrogens is 487 g/mol. The topological polar surface area (TPSA) is 59.6 Å². The summed E-state index contributed by atoms with van der Waals surface area (Å²) in [5.74, 6) is 0.155. The maximum atomic E-state index is 13.3. The van der Waals surface area contributed by atoms with Crippen LogP contribution in [-0.4, -0.2) is 19.6 Å². The number of methoxy groups -OCH3 is 1. The number of anilines is 2. The third kappa shape index (κ3) is 6.35. The van der Waals surface area contributed by atoms with Gasteiger partial charge in [0.2, 0.25) is 0 Å². The van der Waals surface area contributed by atoms with Crippen LogP contribution in [0.3, 0.4) is 0 Å². The Labute approximate surface area is 193 Å². The molecule has 3 aromatic rings. The number of carbonyl (C=O) groups is 1. The van der Waals surface area contributed by atoms with E-state index in [0.717, 1.165) is 11.1 Å². The number of aryl methyl sites for hydroxylation is 1. The van der Waals surface area contributed by atoms with Crippen LogP contribution in [0.15, 0.2) is 59.1 Å². The summed E-state index contributed by atoms with van der Waals surface area (Å²) in [5, 5.41) is 6.02. The molecule has 0 unspecified atom stereocenters. The molecule has 5 nitrogen and oxygen atoms in total. The molecule has 0 aliphatic rings. The highest BCUT2D eigenvalue weighted by Gasteiger charge is 2.14. The van der Waals surface area contributed by atoms with Gasteiger partial charge in [-0.1, -0.05) is 29.3 Å². The Bertz CT molecular complexity index is 1080. The van der Waals surface area contributed by atoms with E-state index in [4.69, 9.17) is 21.1 Å². The molecular formula is C23H21BrClFN2O3. The quantitative estimate of drug-likeness (QED) is 0.382. The van der Waals surface area contributed by atoms with E-state index in [1.807, 2.05) is 37.3 Å². The number of benzene rings is 3. The van der Waals surface area contributed by atoms with Gasteiger partial charge >= 0.3 is 0 Å². The van der Waals surface area contributed by atoms with Crippen molar-refractivity contribution in [2.75, 3.05) is 24.4 Å². The van der Waals surface area contributed by atoms with Crippen molar-refractivity contribution in [1.82, 2.24) is 0 Å². The van der Waals surface area contributed by atoms with E-state index in [1.165, 1.54) is 19.2 Å². The summed E-state index contributed by atoms with van der Waals surface area (Å²) >= 11 is 9.29. The predicted octanol–water partition coefficient (Wildman–Crippen LogP) is 6.19. The molecule has 0 atom stereocenters. The highest BCUT2D eigenvalue weighted by Crippen LogP contribution is 2.37. The van der Waals surface area contributed by atoms with Crippen LogP contribution < -0.4 is 20.1 Å². The fourth-order valence-corrected chi connectivity index (χ4v) is 3.58. The fourth-order valence-electron chi connectivity index (χ4n) is 2.80. The molecule has 0 bridgehead atoms. The lowest BCUT2D eigenvalue weighted by molar-refractivity contribution is -0.118. The molecule has 0 heterocycles. The SMILES string of the molecule is COc1cc(CNc2ccc(F)c(Cl)c2)cc(Br)c1OCC(=O)Nc1ccc(C)cc1. The average molecular weight is 508 g/mol. The van der Waals surface area contributed by atoms with Crippen LogP contribution in [0.1, 0.15) is 11.1 Å². The van der Waals surface area contributed by atoms with Gasteiger partial charge in [0.15, 0.2) is 18.1 Å². The fraction of sp³-hybridized carbons (Fsp3) is 0.174. The first-order chi connectivity index (χ1) is 14.9. The number of ether oxygens (including phenoxy) is 2. The molecule has 1 amide bonds. The molecule has 3 rings (SSSR count). The Morgan fingerprint density at radius 1 is 1.10 bits per heavy atom. The minimum absolute atomic E-state index is 0.0522. The molecule has 0 aromatic heterocycles. The summed E-state index contributed by atoms with van der Waals surface area (Å²) in [4.78, 5) is 12.2. The lowest BCUT2D eigenvalue weighted by atomic mass is 10.2. The highest BCUT2D eigenvalue weighted by atomic mass is 79.9. The minimum Gasteiger partial charge on any atom is -0.493 e. The van der Waals surface area contributed by atoms with E-state index in [-0.39, 0.29) is 17.5 Å². The first kappa shape index (κ1) is 22.9. The van der Waals surface area contributed by atoms with Gasteiger partial charge in [0.1, 0.15) is 5.82 Å². The predicted molar refractivity (Wildman–Crippen MR) is 125 cm³/mol. The van der Waals surface area contributed by atoms with Crippen LogP contribution in [0.25, 0.3) is 0 Å². The maximum absolute atomic E-state index is 13.3. The zero-order valence-corrected chi connectivity index (χ0v) is 19.3. The Balaban J connectivity index is 1.63. The number of rotatable bonds is 8. The maximum Gasteiger partial charge on any atom is 0.262 e. The molecule has 0 spiro atoms. The van der Waals surface area contributed by atoms with Crippen molar-refractivity contribution in [2.45, 2.75) is 13.5 Å². The second-order valence-electron chi connectivity index (χ2n) is 6.79. The Morgan fingerprint density at radius 3 is 2.48 bits per heavy atom. The molecule has 0 fully saturated rings. The molecule has 0 aliphatic heterocycles. The van der Waals surface area contributed by atoms with E-state index in [0.29, 0.717) is 33.9 Å². The molecule has 0 saturated carbocycles. The van der Waals surface area contributed by atoms with E-state index >= 15 is 0 Å². The monoisotopic (exact) mass is 506 g/mol. The highest BCUT2D eigenvalue weighted by molar-refractivity contribution is 9.10. The van der Waals surface area contributed by atoms with Gasteiger partial charge in [-0.25, -0.2) is 4.39 Å². The number of carbonyl (C=O) groups excluding carboxylic acids is 1. The normalized spacial score (nSPS) is 10.5. The van der Waals surface area contributed by atoms with Crippen molar-refractivity contribution in [3.63, 3.8) is 0 Å². The lowest BCUT2D eigenvalue weighted by Crippen LogP contribution is -2.20. The molecule has 3 aromatic carbocycles. The van der Waals surface area contributed by atoms with Gasteiger partial charge in [-0.2, -0.15) is 0 Å². The van der Waals surface area contributed by atoms with Gasteiger partial charge in [-0.05, 0) is 70.9 Å². The molecule has 0 radical (unpaired) electrons. The van der Waals surface area contributed by atoms with Crippen molar-refractivity contribution in [2.24, 2.45) is 0 Å². The average Bonchev–Trinajstić information content (AvgIpc) is 2.75. The van der Waals surface area contributed by atoms with Crippen molar-refractivity contribution >= 4 is 44.8 Å². The van der Waals surface area contributed by atoms with Gasteiger partial charge < -0.3 is 20.1 Å². The number of hydrogen-bond acceptors (Lipinski definition) is 4. The van der Waals surface area contributed by atoms with Gasteiger partial charge in [0.05, 0.1) is 16.6 Å². The van der Waals surface area contributed by atoms with Gasteiger partial charge in [-0.3, -0.25) is 4.79 Å². The molecule has 2 N–H and O–H groups in total. The number of nitrogens with one attached hydrogen (secondary N) is 2. The van der Waals surface area contributed by atoms with Crippen LogP contribution >= 0.6 is 27.5 Å². The third-order valence-corrected chi connectivity index (χ3v) is 5.27. The largest absolute Gasteiger partial charge is 0.493 e. The second-order valence-corrected chi connectivity index (χ2v) is 8.06. The first-order valence-corrected chi connectivity index (χ1v) is 10.6. The zero-order chi connectivity index (χ0) is 22.4. The van der Waals surface area contributed by atoms with Crippen molar-refractivity contribution < 1.29 is 18.7 Å². The second kappa shape index (κ2) is 10.5. The van der Waals surface area contributed by atoms with Gasteiger partial charge in [0.25, 0.3) is 5.91 Å². The summed E-state index contributed by atoms with van der Waals surface area (Å²) in [5.41, 5.74) is 3.39.